The van der Waals surface area contributed by atoms with Crippen molar-refractivity contribution in [3.8, 4) is 0 Å². The molecule has 6 fully saturated rings. The van der Waals surface area contributed by atoms with Gasteiger partial charge in [0, 0.05) is 68.9 Å². The molecule has 1 saturated heterocycles. The van der Waals surface area contributed by atoms with Crippen LogP contribution in [0, 0.1) is 40.4 Å². The molecule has 1 spiro atoms. The van der Waals surface area contributed by atoms with Crippen LogP contribution in [0.3, 0.4) is 0 Å². The first-order valence-electron chi connectivity index (χ1n) is 11.2. The van der Waals surface area contributed by atoms with E-state index < -0.39 is 11.7 Å². The van der Waals surface area contributed by atoms with Crippen molar-refractivity contribution in [1.29, 1.82) is 0 Å². The minimum atomic E-state index is -0.848. The first-order chi connectivity index (χ1) is 13.5. The summed E-state index contributed by atoms with van der Waals surface area (Å²) in [5.74, 6) is 0.999. The molecular weight excluding hydrogens is 358 g/mol. The molecular formula is C22H35NO5. The van der Waals surface area contributed by atoms with Gasteiger partial charge in [-0.2, -0.15) is 0 Å². The lowest BCUT2D eigenvalue weighted by atomic mass is 9.43. The third kappa shape index (κ3) is 1.76. The minimum absolute atomic E-state index is 0.0102. The summed E-state index contributed by atoms with van der Waals surface area (Å²) in [6, 6.07) is 0.264. The highest BCUT2D eigenvalue weighted by molar-refractivity contribution is 5.32. The summed E-state index contributed by atoms with van der Waals surface area (Å²) < 4.78 is 17.8. The van der Waals surface area contributed by atoms with Crippen LogP contribution in [-0.4, -0.2) is 74.6 Å². The Bertz CT molecular complexity index is 675. The van der Waals surface area contributed by atoms with E-state index in [2.05, 4.69) is 5.32 Å². The lowest BCUT2D eigenvalue weighted by Gasteiger charge is -2.67. The second-order valence-electron chi connectivity index (χ2n) is 10.8. The summed E-state index contributed by atoms with van der Waals surface area (Å²) in [7, 11) is 5.42. The van der Waals surface area contributed by atoms with E-state index in [4.69, 9.17) is 14.2 Å². The monoisotopic (exact) mass is 393 g/mol. The van der Waals surface area contributed by atoms with Crippen LogP contribution in [0.15, 0.2) is 0 Å². The summed E-state index contributed by atoms with van der Waals surface area (Å²) in [6.45, 7) is 1.74. The van der Waals surface area contributed by atoms with Crippen molar-refractivity contribution >= 4 is 0 Å². The Labute approximate surface area is 167 Å². The van der Waals surface area contributed by atoms with Gasteiger partial charge in [-0.15, -0.1) is 0 Å². The van der Waals surface area contributed by atoms with Crippen molar-refractivity contribution in [3.63, 3.8) is 0 Å². The molecule has 158 valence electrons. The normalized spacial score (nSPS) is 63.5. The Morgan fingerprint density at radius 2 is 1.93 bits per heavy atom. The molecule has 0 aromatic heterocycles. The summed E-state index contributed by atoms with van der Waals surface area (Å²) in [5, 5.41) is 27.4. The zero-order valence-electron chi connectivity index (χ0n) is 17.3. The summed E-state index contributed by atoms with van der Waals surface area (Å²) >= 11 is 0. The molecule has 1 heterocycles. The van der Waals surface area contributed by atoms with Crippen LogP contribution in [0.4, 0.5) is 0 Å². The maximum Gasteiger partial charge on any atom is 0.0771 e. The lowest BCUT2D eigenvalue weighted by Crippen LogP contribution is -2.76. The zero-order valence-corrected chi connectivity index (χ0v) is 17.3. The van der Waals surface area contributed by atoms with Gasteiger partial charge < -0.3 is 29.7 Å². The van der Waals surface area contributed by atoms with Crippen LogP contribution in [0.1, 0.15) is 32.1 Å². The molecule has 5 saturated carbocycles. The molecule has 0 aromatic carbocycles. The molecule has 3 N–H and O–H groups in total. The average Bonchev–Trinajstić information content (AvgIpc) is 3.07. The van der Waals surface area contributed by atoms with E-state index in [1.807, 2.05) is 14.2 Å². The number of methoxy groups -OCH3 is 3. The van der Waals surface area contributed by atoms with E-state index in [9.17, 15) is 10.2 Å². The molecule has 0 unspecified atom stereocenters. The third-order valence-electron chi connectivity index (χ3n) is 10.6. The predicted octanol–water partition coefficient (Wildman–Crippen LogP) is 0.799. The van der Waals surface area contributed by atoms with E-state index in [0.29, 0.717) is 12.3 Å². The Morgan fingerprint density at radius 1 is 1.11 bits per heavy atom. The first-order valence-corrected chi connectivity index (χ1v) is 11.2. The molecule has 6 aliphatic rings. The van der Waals surface area contributed by atoms with Crippen LogP contribution in [0.25, 0.3) is 0 Å². The number of nitrogens with one attached hydrogen (secondary N) is 1. The largest absolute Gasteiger partial charge is 0.392 e. The van der Waals surface area contributed by atoms with Gasteiger partial charge in [0.1, 0.15) is 0 Å². The topological polar surface area (TPSA) is 80.2 Å². The second kappa shape index (κ2) is 5.71. The lowest BCUT2D eigenvalue weighted by molar-refractivity contribution is -0.250. The Kier molecular flexibility index (Phi) is 3.78. The molecule has 1 aliphatic heterocycles. The highest BCUT2D eigenvalue weighted by Crippen LogP contribution is 2.77. The Balaban J connectivity index is 1.55. The maximum atomic E-state index is 12.1. The van der Waals surface area contributed by atoms with E-state index >= 15 is 0 Å². The van der Waals surface area contributed by atoms with E-state index in [1.54, 1.807) is 7.11 Å². The molecule has 0 aromatic rings. The molecule has 5 aliphatic carbocycles. The van der Waals surface area contributed by atoms with Crippen molar-refractivity contribution in [2.75, 3.05) is 34.5 Å². The highest BCUT2D eigenvalue weighted by Gasteiger charge is 2.82. The molecule has 12 atom stereocenters. The predicted molar refractivity (Wildman–Crippen MR) is 102 cm³/mol. The van der Waals surface area contributed by atoms with Crippen LogP contribution in [0.5, 0.6) is 0 Å². The van der Waals surface area contributed by atoms with Crippen molar-refractivity contribution < 1.29 is 24.4 Å². The fraction of sp³-hybridized carbons (Fsp3) is 1.00. The number of rotatable bonds is 4. The van der Waals surface area contributed by atoms with Gasteiger partial charge >= 0.3 is 0 Å². The van der Waals surface area contributed by atoms with Crippen molar-refractivity contribution in [2.24, 2.45) is 40.4 Å². The van der Waals surface area contributed by atoms with Crippen molar-refractivity contribution in [3.05, 3.63) is 0 Å². The number of hydrogen-bond donors (Lipinski definition) is 3. The average molecular weight is 394 g/mol. The summed E-state index contributed by atoms with van der Waals surface area (Å²) in [6.07, 6.45) is 4.45. The smallest absolute Gasteiger partial charge is 0.0771 e. The van der Waals surface area contributed by atoms with E-state index in [1.165, 1.54) is 0 Å². The van der Waals surface area contributed by atoms with Gasteiger partial charge in [-0.25, -0.2) is 0 Å². The number of aliphatic hydroxyl groups is 2. The standard InChI is InChI=1S/C22H35NO5/c1-26-10-20-5-4-16(28-3)22-12-6-11-14(27-2)8-21(25,17(12)18(11)24)13(7-15(20)22)19(22)23-9-20/h11-19,23-25H,4-10H2,1-3H3/t11-,12-,13+,14+,15-,16+,17-,18+,19+,20+,21+,22-/m1/s1. The van der Waals surface area contributed by atoms with Gasteiger partial charge in [0.25, 0.3) is 0 Å². The van der Waals surface area contributed by atoms with Crippen LogP contribution in [-0.2, 0) is 14.2 Å². The number of fused-ring (bicyclic) bond motifs is 2. The molecule has 6 rings (SSSR count). The fourth-order valence-corrected chi connectivity index (χ4v) is 9.99. The maximum absolute atomic E-state index is 12.1. The van der Waals surface area contributed by atoms with Crippen LogP contribution >= 0.6 is 0 Å². The van der Waals surface area contributed by atoms with Gasteiger partial charge in [-0.05, 0) is 37.5 Å². The Hall–Kier alpha value is -0.240. The number of piperidine rings is 1. The van der Waals surface area contributed by atoms with Crippen LogP contribution < -0.4 is 5.32 Å². The SMILES string of the molecule is COC[C@@]12CC[C@H](OC)[C@@]34[C@@H]5C[C@H]6[C@H](O)[C@@H]5[C@](O)(C[C@@H]6OC)[C@@H](C[C@H]13)[C@@H]4NC2. The molecule has 6 nitrogen and oxygen atoms in total. The quantitative estimate of drug-likeness (QED) is 0.656. The van der Waals surface area contributed by atoms with Gasteiger partial charge in [0.05, 0.1) is 30.5 Å². The van der Waals surface area contributed by atoms with Crippen LogP contribution in [0.2, 0.25) is 0 Å². The van der Waals surface area contributed by atoms with E-state index in [-0.39, 0.29) is 52.8 Å². The molecule has 0 amide bonds. The molecule has 6 heteroatoms. The van der Waals surface area contributed by atoms with Gasteiger partial charge in [-0.3, -0.25) is 0 Å². The van der Waals surface area contributed by atoms with Gasteiger partial charge in [0.15, 0.2) is 0 Å². The summed E-state index contributed by atoms with van der Waals surface area (Å²) in [4.78, 5) is 0. The number of ether oxygens (including phenoxy) is 3. The summed E-state index contributed by atoms with van der Waals surface area (Å²) in [5.41, 5.74) is -0.739. The molecule has 0 radical (unpaired) electrons. The van der Waals surface area contributed by atoms with E-state index in [0.717, 1.165) is 38.8 Å². The first kappa shape index (κ1) is 18.5. The zero-order chi connectivity index (χ0) is 19.5. The number of hydrogen-bond acceptors (Lipinski definition) is 6. The minimum Gasteiger partial charge on any atom is -0.392 e. The molecule has 7 bridgehead atoms. The van der Waals surface area contributed by atoms with Crippen molar-refractivity contribution in [1.82, 2.24) is 5.32 Å². The van der Waals surface area contributed by atoms with Gasteiger partial charge in [0.2, 0.25) is 0 Å². The third-order valence-corrected chi connectivity index (χ3v) is 10.6. The molecule has 28 heavy (non-hydrogen) atoms. The Morgan fingerprint density at radius 3 is 2.64 bits per heavy atom. The fourth-order valence-electron chi connectivity index (χ4n) is 9.99. The van der Waals surface area contributed by atoms with Gasteiger partial charge in [-0.1, -0.05) is 0 Å². The number of aliphatic hydroxyl groups excluding tert-OH is 1. The highest BCUT2D eigenvalue weighted by atomic mass is 16.5. The van der Waals surface area contributed by atoms with Crippen molar-refractivity contribution in [2.45, 2.75) is 62.1 Å². The second-order valence-corrected chi connectivity index (χ2v) is 10.8.